The van der Waals surface area contributed by atoms with Gasteiger partial charge in [0.2, 0.25) is 5.89 Å². The molecule has 0 saturated carbocycles. The molecule has 0 aliphatic heterocycles. The Morgan fingerprint density at radius 3 is 2.68 bits per heavy atom. The van der Waals surface area contributed by atoms with E-state index in [4.69, 9.17) is 4.42 Å². The number of benzene rings is 2. The predicted octanol–water partition coefficient (Wildman–Crippen LogP) is 4.14. The Morgan fingerprint density at radius 2 is 1.86 bits per heavy atom. The number of thioether (sulfide) groups is 1. The fourth-order valence-electron chi connectivity index (χ4n) is 2.18. The predicted molar refractivity (Wildman–Crippen MR) is 88.9 cm³/mol. The standard InChI is InChI=1S/C17H18N2O2S/c1-17(2,20)10-11-22-16-19-18-15(21-16)14-9-5-7-12-6-3-4-8-13(12)14/h3-9,20H,10-11H2,1-2H3. The molecule has 0 fully saturated rings. The fraction of sp³-hybridized carbons (Fsp3) is 0.294. The first-order chi connectivity index (χ1) is 10.5. The van der Waals surface area contributed by atoms with Crippen molar-refractivity contribution in [3.05, 3.63) is 42.5 Å². The van der Waals surface area contributed by atoms with Crippen LogP contribution in [0.3, 0.4) is 0 Å². The Labute approximate surface area is 133 Å². The molecular formula is C17H18N2O2S. The van der Waals surface area contributed by atoms with Crippen LogP contribution in [0.5, 0.6) is 0 Å². The summed E-state index contributed by atoms with van der Waals surface area (Å²) in [6, 6.07) is 14.2. The topological polar surface area (TPSA) is 59.2 Å². The molecule has 4 nitrogen and oxygen atoms in total. The van der Waals surface area contributed by atoms with E-state index in [2.05, 4.69) is 28.4 Å². The smallest absolute Gasteiger partial charge is 0.276 e. The molecule has 0 aliphatic carbocycles. The summed E-state index contributed by atoms with van der Waals surface area (Å²) in [5, 5.41) is 20.7. The molecule has 1 N–H and O–H groups in total. The molecule has 0 aliphatic rings. The molecule has 1 heterocycles. The van der Waals surface area contributed by atoms with E-state index in [1.165, 1.54) is 11.8 Å². The zero-order valence-electron chi connectivity index (χ0n) is 12.6. The van der Waals surface area contributed by atoms with Crippen molar-refractivity contribution in [3.63, 3.8) is 0 Å². The number of aromatic nitrogens is 2. The lowest BCUT2D eigenvalue weighted by Gasteiger charge is -2.15. The summed E-state index contributed by atoms with van der Waals surface area (Å²) in [4.78, 5) is 0. The lowest BCUT2D eigenvalue weighted by atomic mass is 10.0. The number of hydrogen-bond donors (Lipinski definition) is 1. The van der Waals surface area contributed by atoms with Gasteiger partial charge in [0.05, 0.1) is 5.60 Å². The van der Waals surface area contributed by atoms with Crippen molar-refractivity contribution in [2.24, 2.45) is 0 Å². The average molecular weight is 314 g/mol. The van der Waals surface area contributed by atoms with Crippen molar-refractivity contribution in [3.8, 4) is 11.5 Å². The molecular weight excluding hydrogens is 296 g/mol. The highest BCUT2D eigenvalue weighted by Crippen LogP contribution is 2.30. The molecule has 0 radical (unpaired) electrons. The van der Waals surface area contributed by atoms with Gasteiger partial charge in [-0.05, 0) is 37.1 Å². The first-order valence-electron chi connectivity index (χ1n) is 7.20. The normalized spacial score (nSPS) is 12.0. The zero-order valence-corrected chi connectivity index (χ0v) is 13.4. The quantitative estimate of drug-likeness (QED) is 0.717. The van der Waals surface area contributed by atoms with Crippen LogP contribution < -0.4 is 0 Å². The monoisotopic (exact) mass is 314 g/mol. The molecule has 0 amide bonds. The van der Waals surface area contributed by atoms with Crippen LogP contribution in [0.25, 0.3) is 22.2 Å². The highest BCUT2D eigenvalue weighted by Gasteiger charge is 2.15. The second-order valence-electron chi connectivity index (χ2n) is 5.81. The van der Waals surface area contributed by atoms with Crippen LogP contribution in [0.15, 0.2) is 52.1 Å². The van der Waals surface area contributed by atoms with Gasteiger partial charge < -0.3 is 9.52 Å². The van der Waals surface area contributed by atoms with E-state index >= 15 is 0 Å². The van der Waals surface area contributed by atoms with Gasteiger partial charge in [0.25, 0.3) is 5.22 Å². The minimum atomic E-state index is -0.675. The zero-order chi connectivity index (χ0) is 15.6. The maximum Gasteiger partial charge on any atom is 0.276 e. The van der Waals surface area contributed by atoms with E-state index in [1.807, 2.05) is 24.3 Å². The van der Waals surface area contributed by atoms with Crippen LogP contribution in [-0.2, 0) is 0 Å². The molecule has 5 heteroatoms. The molecule has 0 atom stereocenters. The second kappa shape index (κ2) is 6.10. The van der Waals surface area contributed by atoms with Crippen LogP contribution in [0.1, 0.15) is 20.3 Å². The van der Waals surface area contributed by atoms with E-state index in [1.54, 1.807) is 13.8 Å². The van der Waals surface area contributed by atoms with E-state index in [9.17, 15) is 5.11 Å². The molecule has 3 aromatic rings. The lowest BCUT2D eigenvalue weighted by molar-refractivity contribution is 0.0777. The van der Waals surface area contributed by atoms with Gasteiger partial charge >= 0.3 is 0 Å². The first-order valence-corrected chi connectivity index (χ1v) is 8.18. The molecule has 3 rings (SSSR count). The van der Waals surface area contributed by atoms with Crippen molar-refractivity contribution in [2.75, 3.05) is 5.75 Å². The van der Waals surface area contributed by atoms with Crippen molar-refractivity contribution in [1.29, 1.82) is 0 Å². The number of fused-ring (bicyclic) bond motifs is 1. The van der Waals surface area contributed by atoms with Crippen LogP contribution in [0.2, 0.25) is 0 Å². The first kappa shape index (κ1) is 15.1. The fourth-order valence-corrected chi connectivity index (χ4v) is 3.19. The van der Waals surface area contributed by atoms with E-state index in [-0.39, 0.29) is 0 Å². The summed E-state index contributed by atoms with van der Waals surface area (Å²) < 4.78 is 5.75. The Bertz CT molecular complexity index is 772. The van der Waals surface area contributed by atoms with Gasteiger partial charge in [-0.3, -0.25) is 0 Å². The SMILES string of the molecule is CC(C)(O)CCSc1nnc(-c2cccc3ccccc23)o1. The largest absolute Gasteiger partial charge is 0.411 e. The minimum absolute atomic E-state index is 0.530. The minimum Gasteiger partial charge on any atom is -0.411 e. The summed E-state index contributed by atoms with van der Waals surface area (Å²) in [7, 11) is 0. The van der Waals surface area contributed by atoms with Crippen molar-refractivity contribution >= 4 is 22.5 Å². The Kier molecular flexibility index (Phi) is 4.18. The molecule has 0 bridgehead atoms. The maximum absolute atomic E-state index is 9.72. The molecule has 0 saturated heterocycles. The van der Waals surface area contributed by atoms with Gasteiger partial charge in [-0.15, -0.1) is 10.2 Å². The van der Waals surface area contributed by atoms with E-state index < -0.39 is 5.60 Å². The lowest BCUT2D eigenvalue weighted by Crippen LogP contribution is -2.18. The number of hydrogen-bond acceptors (Lipinski definition) is 5. The molecule has 114 valence electrons. The Hall–Kier alpha value is -1.85. The number of aliphatic hydroxyl groups is 1. The number of nitrogens with zero attached hydrogens (tertiary/aromatic N) is 2. The van der Waals surface area contributed by atoms with Gasteiger partial charge in [-0.1, -0.05) is 48.2 Å². The summed E-state index contributed by atoms with van der Waals surface area (Å²) in [6.45, 7) is 3.59. The highest BCUT2D eigenvalue weighted by atomic mass is 32.2. The van der Waals surface area contributed by atoms with E-state index in [0.29, 0.717) is 17.5 Å². The van der Waals surface area contributed by atoms with Crippen molar-refractivity contribution < 1.29 is 9.52 Å². The van der Waals surface area contributed by atoms with Crippen LogP contribution in [0, 0.1) is 0 Å². The van der Waals surface area contributed by atoms with Crippen LogP contribution in [-0.4, -0.2) is 26.7 Å². The summed E-state index contributed by atoms with van der Waals surface area (Å²) in [5.41, 5.74) is 0.269. The van der Waals surface area contributed by atoms with Gasteiger partial charge in [-0.25, -0.2) is 0 Å². The van der Waals surface area contributed by atoms with Gasteiger partial charge in [0.1, 0.15) is 0 Å². The summed E-state index contributed by atoms with van der Waals surface area (Å²) >= 11 is 1.47. The maximum atomic E-state index is 9.72. The van der Waals surface area contributed by atoms with Crippen LogP contribution in [0.4, 0.5) is 0 Å². The molecule has 22 heavy (non-hydrogen) atoms. The average Bonchev–Trinajstić information content (AvgIpc) is 2.94. The third kappa shape index (κ3) is 3.48. The van der Waals surface area contributed by atoms with Gasteiger partial charge in [0, 0.05) is 11.3 Å². The molecule has 2 aromatic carbocycles. The van der Waals surface area contributed by atoms with E-state index in [0.717, 1.165) is 22.1 Å². The Balaban J connectivity index is 1.81. The van der Waals surface area contributed by atoms with Crippen molar-refractivity contribution in [2.45, 2.75) is 31.1 Å². The third-order valence-electron chi connectivity index (χ3n) is 3.37. The van der Waals surface area contributed by atoms with Crippen molar-refractivity contribution in [1.82, 2.24) is 10.2 Å². The van der Waals surface area contributed by atoms with Gasteiger partial charge in [-0.2, -0.15) is 0 Å². The highest BCUT2D eigenvalue weighted by molar-refractivity contribution is 7.99. The van der Waals surface area contributed by atoms with Crippen LogP contribution >= 0.6 is 11.8 Å². The molecule has 1 aromatic heterocycles. The molecule has 0 spiro atoms. The Morgan fingerprint density at radius 1 is 1.09 bits per heavy atom. The number of rotatable bonds is 5. The summed E-state index contributed by atoms with van der Waals surface area (Å²) in [6.07, 6.45) is 0.670. The third-order valence-corrected chi connectivity index (χ3v) is 4.19. The second-order valence-corrected chi connectivity index (χ2v) is 6.86. The summed E-state index contributed by atoms with van der Waals surface area (Å²) in [5.74, 6) is 1.27. The van der Waals surface area contributed by atoms with Gasteiger partial charge in [0.15, 0.2) is 0 Å². The molecule has 0 unspecified atom stereocenters.